The van der Waals surface area contributed by atoms with E-state index in [1.807, 2.05) is 36.4 Å². The van der Waals surface area contributed by atoms with Crippen LogP contribution in [0.25, 0.3) is 11.3 Å². The summed E-state index contributed by atoms with van der Waals surface area (Å²) in [5.41, 5.74) is 11.8. The number of hydrazone groups is 1. The minimum absolute atomic E-state index is 0.0301. The Kier molecular flexibility index (Phi) is 6.85. The van der Waals surface area contributed by atoms with Gasteiger partial charge < -0.3 is 21.6 Å². The van der Waals surface area contributed by atoms with E-state index in [0.29, 0.717) is 30.0 Å². The molecule has 0 saturated carbocycles. The molecule has 3 aromatic rings. The predicted molar refractivity (Wildman–Crippen MR) is 112 cm³/mol. The Bertz CT molecular complexity index is 991. The standard InChI is InChI=1S/C21H22N6O2/c22-20-19(14-26-25-9-10-28)27-18(13-23-20)16-7-4-8-17(11-16)21(29)24-12-15-5-2-1-3-6-15/h1-8,11,13-14,25,28H,9-10,12H2,(H2,22,23)(H,24,29)/b26-14+. The number of rotatable bonds is 8. The van der Waals surface area contributed by atoms with Crippen molar-refractivity contribution in [3.05, 3.63) is 77.6 Å². The molecular formula is C21H22N6O2. The van der Waals surface area contributed by atoms with Gasteiger partial charge in [0.15, 0.2) is 5.82 Å². The SMILES string of the molecule is Nc1ncc(-c2cccc(C(=O)NCc3ccccc3)c2)nc1/C=N/NCCO. The average molecular weight is 390 g/mol. The first-order valence-electron chi connectivity index (χ1n) is 9.09. The van der Waals surface area contributed by atoms with Crippen molar-refractivity contribution in [1.82, 2.24) is 20.7 Å². The zero-order valence-electron chi connectivity index (χ0n) is 15.7. The molecule has 29 heavy (non-hydrogen) atoms. The van der Waals surface area contributed by atoms with E-state index in [1.165, 1.54) is 6.21 Å². The number of hydrogen-bond acceptors (Lipinski definition) is 7. The average Bonchev–Trinajstić information content (AvgIpc) is 2.77. The number of aromatic nitrogens is 2. The monoisotopic (exact) mass is 390 g/mol. The van der Waals surface area contributed by atoms with Crippen molar-refractivity contribution in [2.75, 3.05) is 18.9 Å². The summed E-state index contributed by atoms with van der Waals surface area (Å²) in [4.78, 5) is 21.1. The Labute approximate surface area is 168 Å². The van der Waals surface area contributed by atoms with Crippen molar-refractivity contribution in [1.29, 1.82) is 0 Å². The number of aliphatic hydroxyl groups excluding tert-OH is 1. The van der Waals surface area contributed by atoms with Crippen LogP contribution in [0.2, 0.25) is 0 Å². The van der Waals surface area contributed by atoms with Crippen molar-refractivity contribution < 1.29 is 9.90 Å². The third-order valence-corrected chi connectivity index (χ3v) is 4.05. The third-order valence-electron chi connectivity index (χ3n) is 4.05. The second-order valence-corrected chi connectivity index (χ2v) is 6.16. The summed E-state index contributed by atoms with van der Waals surface area (Å²) in [5.74, 6) is 0.0640. The molecule has 0 bridgehead atoms. The normalized spacial score (nSPS) is 10.8. The van der Waals surface area contributed by atoms with Gasteiger partial charge in [-0.15, -0.1) is 0 Å². The first-order chi connectivity index (χ1) is 14.2. The van der Waals surface area contributed by atoms with E-state index in [0.717, 1.165) is 11.1 Å². The fourth-order valence-corrected chi connectivity index (χ4v) is 2.57. The van der Waals surface area contributed by atoms with Gasteiger partial charge in [0.2, 0.25) is 0 Å². The van der Waals surface area contributed by atoms with Gasteiger partial charge in [0.25, 0.3) is 5.91 Å². The van der Waals surface area contributed by atoms with Crippen LogP contribution >= 0.6 is 0 Å². The lowest BCUT2D eigenvalue weighted by Gasteiger charge is -2.08. The van der Waals surface area contributed by atoms with E-state index < -0.39 is 0 Å². The number of nitrogens with zero attached hydrogens (tertiary/aromatic N) is 3. The lowest BCUT2D eigenvalue weighted by Crippen LogP contribution is -2.22. The van der Waals surface area contributed by atoms with Crippen LogP contribution < -0.4 is 16.5 Å². The van der Waals surface area contributed by atoms with Crippen molar-refractivity contribution in [3.8, 4) is 11.3 Å². The Hall–Kier alpha value is -3.78. The number of nitrogens with two attached hydrogens (primary N) is 1. The van der Waals surface area contributed by atoms with Crippen LogP contribution in [0.5, 0.6) is 0 Å². The molecule has 0 aliphatic carbocycles. The maximum Gasteiger partial charge on any atom is 0.251 e. The lowest BCUT2D eigenvalue weighted by atomic mass is 10.1. The number of nitrogen functional groups attached to an aromatic ring is 1. The van der Waals surface area contributed by atoms with Crippen LogP contribution in [0, 0.1) is 0 Å². The minimum Gasteiger partial charge on any atom is -0.394 e. The lowest BCUT2D eigenvalue weighted by molar-refractivity contribution is 0.0951. The fourth-order valence-electron chi connectivity index (χ4n) is 2.57. The van der Waals surface area contributed by atoms with Gasteiger partial charge >= 0.3 is 0 Å². The first-order valence-corrected chi connectivity index (χ1v) is 9.09. The number of amides is 1. The largest absolute Gasteiger partial charge is 0.394 e. The smallest absolute Gasteiger partial charge is 0.251 e. The number of carbonyl (C=O) groups excluding carboxylic acids is 1. The zero-order valence-corrected chi connectivity index (χ0v) is 15.7. The zero-order chi connectivity index (χ0) is 20.5. The first kappa shape index (κ1) is 20.0. The quantitative estimate of drug-likeness (QED) is 0.263. The van der Waals surface area contributed by atoms with E-state index >= 15 is 0 Å². The second kappa shape index (κ2) is 9.95. The number of carbonyl (C=O) groups is 1. The molecule has 1 aromatic heterocycles. The van der Waals surface area contributed by atoms with E-state index in [-0.39, 0.29) is 18.3 Å². The molecule has 1 heterocycles. The predicted octanol–water partition coefficient (Wildman–Crippen LogP) is 1.57. The summed E-state index contributed by atoms with van der Waals surface area (Å²) in [6.45, 7) is 0.744. The summed E-state index contributed by atoms with van der Waals surface area (Å²) in [6, 6.07) is 16.9. The summed E-state index contributed by atoms with van der Waals surface area (Å²) < 4.78 is 0. The highest BCUT2D eigenvalue weighted by molar-refractivity contribution is 5.95. The van der Waals surface area contributed by atoms with E-state index in [2.05, 4.69) is 25.8 Å². The van der Waals surface area contributed by atoms with Gasteiger partial charge in [-0.05, 0) is 17.7 Å². The molecular weight excluding hydrogens is 368 g/mol. The molecule has 0 radical (unpaired) electrons. The van der Waals surface area contributed by atoms with Crippen LogP contribution in [0.15, 0.2) is 65.9 Å². The molecule has 2 aromatic carbocycles. The molecule has 3 rings (SSSR count). The summed E-state index contributed by atoms with van der Waals surface area (Å²) in [7, 11) is 0. The molecule has 8 heteroatoms. The Morgan fingerprint density at radius 2 is 2.00 bits per heavy atom. The maximum absolute atomic E-state index is 12.5. The van der Waals surface area contributed by atoms with Gasteiger partial charge in [-0.25, -0.2) is 9.97 Å². The van der Waals surface area contributed by atoms with Crippen molar-refractivity contribution >= 4 is 17.9 Å². The van der Waals surface area contributed by atoms with E-state index in [4.69, 9.17) is 10.8 Å². The van der Waals surface area contributed by atoms with Gasteiger partial charge in [0, 0.05) is 17.7 Å². The molecule has 8 nitrogen and oxygen atoms in total. The molecule has 1 amide bonds. The maximum atomic E-state index is 12.5. The van der Waals surface area contributed by atoms with Crippen LogP contribution in [0.4, 0.5) is 5.82 Å². The molecule has 0 atom stereocenters. The summed E-state index contributed by atoms with van der Waals surface area (Å²) in [5, 5.41) is 15.6. The summed E-state index contributed by atoms with van der Waals surface area (Å²) >= 11 is 0. The fraction of sp³-hybridized carbons (Fsp3) is 0.143. The Balaban J connectivity index is 1.74. The van der Waals surface area contributed by atoms with Crippen molar-refractivity contribution in [3.63, 3.8) is 0 Å². The summed E-state index contributed by atoms with van der Waals surface area (Å²) in [6.07, 6.45) is 2.99. The van der Waals surface area contributed by atoms with Crippen LogP contribution in [0.1, 0.15) is 21.6 Å². The van der Waals surface area contributed by atoms with E-state index in [9.17, 15) is 4.79 Å². The molecule has 0 spiro atoms. The number of benzene rings is 2. The molecule has 148 valence electrons. The highest BCUT2D eigenvalue weighted by Gasteiger charge is 2.10. The molecule has 0 fully saturated rings. The third kappa shape index (κ3) is 5.60. The molecule has 0 saturated heterocycles. The van der Waals surface area contributed by atoms with Crippen molar-refractivity contribution in [2.24, 2.45) is 5.10 Å². The molecule has 5 N–H and O–H groups in total. The Morgan fingerprint density at radius 1 is 1.17 bits per heavy atom. The number of anilines is 1. The number of hydrogen-bond donors (Lipinski definition) is 4. The van der Waals surface area contributed by atoms with Crippen LogP contribution in [-0.2, 0) is 6.54 Å². The molecule has 0 aliphatic heterocycles. The van der Waals surface area contributed by atoms with Crippen molar-refractivity contribution in [2.45, 2.75) is 6.54 Å². The molecule has 0 aliphatic rings. The highest BCUT2D eigenvalue weighted by atomic mass is 16.3. The van der Waals surface area contributed by atoms with E-state index in [1.54, 1.807) is 24.4 Å². The van der Waals surface area contributed by atoms with Gasteiger partial charge in [0.05, 0.1) is 31.3 Å². The number of aliphatic hydroxyl groups is 1. The van der Waals surface area contributed by atoms with Gasteiger partial charge in [-0.2, -0.15) is 5.10 Å². The topological polar surface area (TPSA) is 126 Å². The van der Waals surface area contributed by atoms with Gasteiger partial charge in [-0.3, -0.25) is 4.79 Å². The highest BCUT2D eigenvalue weighted by Crippen LogP contribution is 2.19. The minimum atomic E-state index is -0.172. The van der Waals surface area contributed by atoms with Gasteiger partial charge in [-0.1, -0.05) is 42.5 Å². The molecule has 0 unspecified atom stereocenters. The van der Waals surface area contributed by atoms with Gasteiger partial charge in [0.1, 0.15) is 5.69 Å². The van der Waals surface area contributed by atoms with Crippen LogP contribution in [0.3, 0.4) is 0 Å². The Morgan fingerprint density at radius 3 is 2.79 bits per heavy atom. The number of nitrogens with one attached hydrogen (secondary N) is 2. The second-order valence-electron chi connectivity index (χ2n) is 6.16. The van der Waals surface area contributed by atoms with Crippen LogP contribution in [-0.4, -0.2) is 40.3 Å².